The number of carboxylic acid groups (broad SMARTS) is 1. The van der Waals surface area contributed by atoms with Crippen molar-refractivity contribution in [3.05, 3.63) is 94.0 Å². The average Bonchev–Trinajstić information content (AvgIpc) is 3.64. The van der Waals surface area contributed by atoms with E-state index in [1.807, 2.05) is 0 Å². The van der Waals surface area contributed by atoms with Gasteiger partial charge in [0, 0.05) is 0 Å². The number of halogens is 2. The van der Waals surface area contributed by atoms with Crippen molar-refractivity contribution in [2.75, 3.05) is 21.3 Å². The van der Waals surface area contributed by atoms with Crippen molar-refractivity contribution < 1.29 is 67.6 Å². The molecule has 12 nitrogen and oxygen atoms in total. The fourth-order valence-corrected chi connectivity index (χ4v) is 4.55. The Balaban J connectivity index is 0.000000301. The summed E-state index contributed by atoms with van der Waals surface area (Å²) < 4.78 is 26.2. The van der Waals surface area contributed by atoms with Crippen molar-refractivity contribution >= 4 is 57.3 Å². The van der Waals surface area contributed by atoms with Crippen LogP contribution in [0.15, 0.2) is 81.6 Å². The second-order valence-corrected chi connectivity index (χ2v) is 9.71. The zero-order valence-corrected chi connectivity index (χ0v) is 26.3. The molecule has 0 aliphatic carbocycles. The van der Waals surface area contributed by atoms with E-state index in [1.54, 1.807) is 74.9 Å². The molecule has 4 aromatic carbocycles. The molecule has 0 saturated heterocycles. The summed E-state index contributed by atoms with van der Waals surface area (Å²) in [6, 6.07) is 19.8. The van der Waals surface area contributed by atoms with Crippen LogP contribution in [0.2, 0.25) is 10.0 Å². The molecule has 0 amide bonds. The molecular weight excluding hydrogens is 638 g/mol. The molecule has 6 aromatic rings. The molecule has 46 heavy (non-hydrogen) atoms. The van der Waals surface area contributed by atoms with Crippen molar-refractivity contribution in [3.8, 4) is 34.4 Å². The number of hydrogen-bond acceptors (Lipinski definition) is 10. The van der Waals surface area contributed by atoms with Crippen LogP contribution in [0.1, 0.15) is 20.7 Å². The van der Waals surface area contributed by atoms with Crippen LogP contribution in [0, 0.1) is 0 Å². The topological polar surface area (TPSA) is 196 Å². The van der Waals surface area contributed by atoms with E-state index in [0.717, 1.165) is 0 Å². The minimum Gasteiger partial charge on any atom is -0.870 e. The van der Waals surface area contributed by atoms with Gasteiger partial charge in [0.25, 0.3) is 0 Å². The van der Waals surface area contributed by atoms with Gasteiger partial charge in [-0.15, -0.1) is 0 Å². The number of esters is 1. The van der Waals surface area contributed by atoms with Gasteiger partial charge in [0.15, 0.2) is 11.2 Å². The van der Waals surface area contributed by atoms with Crippen molar-refractivity contribution in [1.82, 2.24) is 9.97 Å². The Hall–Kier alpha value is -4.54. The van der Waals surface area contributed by atoms with Gasteiger partial charge in [-0.2, -0.15) is 0 Å². The number of aromatic nitrogens is 2. The van der Waals surface area contributed by atoms with Gasteiger partial charge in [-0.25, -0.2) is 19.6 Å². The third-order valence-electron chi connectivity index (χ3n) is 6.26. The fourth-order valence-electron chi connectivity index (χ4n) is 4.05. The zero-order valence-electron chi connectivity index (χ0n) is 24.8. The van der Waals surface area contributed by atoms with E-state index in [2.05, 4.69) is 14.7 Å². The van der Waals surface area contributed by atoms with Gasteiger partial charge in [-0.05, 0) is 72.8 Å². The number of ether oxygens (including phenoxy) is 3. The molecule has 0 aliphatic heterocycles. The van der Waals surface area contributed by atoms with Crippen molar-refractivity contribution in [2.45, 2.75) is 0 Å². The summed E-state index contributed by atoms with van der Waals surface area (Å²) in [7, 11) is 4.45. The van der Waals surface area contributed by atoms with Crippen LogP contribution in [0.3, 0.4) is 0 Å². The summed E-state index contributed by atoms with van der Waals surface area (Å²) in [5.41, 5.74) is 3.91. The first kappa shape index (κ1) is 37.6. The smallest absolute Gasteiger partial charge is 0.870 e. The van der Waals surface area contributed by atoms with Crippen molar-refractivity contribution in [3.63, 3.8) is 0 Å². The summed E-state index contributed by atoms with van der Waals surface area (Å²) in [5.74, 6) is 0.551. The Morgan fingerprint density at radius 3 is 1.52 bits per heavy atom. The monoisotopic (exact) mass is 662 g/mol. The van der Waals surface area contributed by atoms with E-state index in [0.29, 0.717) is 72.2 Å². The van der Waals surface area contributed by atoms with Gasteiger partial charge in [-0.3, -0.25) is 0 Å². The molecule has 0 aliphatic rings. The van der Waals surface area contributed by atoms with E-state index in [-0.39, 0.29) is 35.4 Å². The summed E-state index contributed by atoms with van der Waals surface area (Å²) in [6.07, 6.45) is 0. The molecule has 0 saturated carbocycles. The van der Waals surface area contributed by atoms with Gasteiger partial charge in [-0.1, -0.05) is 23.2 Å². The van der Waals surface area contributed by atoms with E-state index in [1.165, 1.54) is 19.2 Å². The minimum absolute atomic E-state index is 0. The number of nitrogens with zero attached hydrogens (tertiary/aromatic N) is 2. The third-order valence-corrected chi connectivity index (χ3v) is 6.88. The fraction of sp³-hybridized carbons (Fsp3) is 0.0968. The van der Waals surface area contributed by atoms with E-state index in [9.17, 15) is 9.59 Å². The van der Waals surface area contributed by atoms with Crippen LogP contribution in [0.25, 0.3) is 45.1 Å². The predicted molar refractivity (Wildman–Crippen MR) is 166 cm³/mol. The van der Waals surface area contributed by atoms with Crippen LogP contribution in [-0.2, 0) is 4.74 Å². The molecule has 2 heterocycles. The van der Waals surface area contributed by atoms with Gasteiger partial charge in [0.1, 0.15) is 22.5 Å². The molecule has 0 bridgehead atoms. The SMILES string of the molecule is COC(=O)c1ccc2nc(-c3ccc(OC)cc3Cl)oc2c1.COc1ccc(-c2nc3ccc(C(=O)O)cc3o2)c(Cl)c1.O.[Li+].[OH-]. The van der Waals surface area contributed by atoms with Crippen LogP contribution < -0.4 is 28.3 Å². The Kier molecular flexibility index (Phi) is 13.2. The van der Waals surface area contributed by atoms with Gasteiger partial charge < -0.3 is 39.1 Å². The average molecular weight is 663 g/mol. The van der Waals surface area contributed by atoms with Crippen molar-refractivity contribution in [1.29, 1.82) is 0 Å². The van der Waals surface area contributed by atoms with Crippen molar-refractivity contribution in [2.24, 2.45) is 0 Å². The number of aromatic carboxylic acids is 1. The number of carboxylic acids is 1. The molecule has 4 N–H and O–H groups in total. The maximum atomic E-state index is 11.5. The van der Waals surface area contributed by atoms with E-state index in [4.69, 9.17) is 46.6 Å². The molecule has 0 atom stereocenters. The summed E-state index contributed by atoms with van der Waals surface area (Å²) in [4.78, 5) is 31.2. The Bertz CT molecular complexity index is 1990. The molecule has 2 aromatic heterocycles. The van der Waals surface area contributed by atoms with Gasteiger partial charge >= 0.3 is 30.8 Å². The first-order chi connectivity index (χ1) is 20.7. The Morgan fingerprint density at radius 1 is 0.696 bits per heavy atom. The number of oxazole rings is 2. The molecule has 15 heteroatoms. The molecule has 0 radical (unpaired) electrons. The summed E-state index contributed by atoms with van der Waals surface area (Å²) >= 11 is 12.4. The third kappa shape index (κ3) is 7.99. The maximum absolute atomic E-state index is 11.5. The number of rotatable bonds is 6. The Labute approximate surface area is 283 Å². The van der Waals surface area contributed by atoms with Crippen LogP contribution >= 0.6 is 23.2 Å². The molecule has 6 rings (SSSR count). The molecular formula is C31H25Cl2LiN2O10. The molecule has 0 spiro atoms. The Morgan fingerprint density at radius 2 is 1.13 bits per heavy atom. The van der Waals surface area contributed by atoms with Gasteiger partial charge in [0.05, 0.1) is 53.6 Å². The van der Waals surface area contributed by atoms with Gasteiger partial charge in [0.2, 0.25) is 11.8 Å². The van der Waals surface area contributed by atoms with Crippen LogP contribution in [0.4, 0.5) is 0 Å². The number of hydrogen-bond donors (Lipinski definition) is 1. The first-order valence-electron chi connectivity index (χ1n) is 12.5. The standard InChI is InChI=1S/C16H12ClNO4.C15H10ClNO4.Li.2H2O/c1-20-10-4-5-11(12(17)8-10)15-18-13-6-3-9(16(19)21-2)7-14(13)22-15;1-20-9-3-4-10(11(16)7-9)14-17-12-5-2-8(15(18)19)6-13(12)21-14;;;/h3-8H,1-2H3;2-7H,1H3,(H,18,19);;2*1H2/q;;+1;;/p-1. The van der Waals surface area contributed by atoms with Crippen LogP contribution in [0.5, 0.6) is 11.5 Å². The summed E-state index contributed by atoms with van der Waals surface area (Å²) in [6.45, 7) is 0. The number of fused-ring (bicyclic) bond motifs is 2. The maximum Gasteiger partial charge on any atom is 1.00 e. The normalized spacial score (nSPS) is 10.0. The minimum atomic E-state index is -1.02. The second kappa shape index (κ2) is 16.1. The largest absolute Gasteiger partial charge is 1.00 e. The molecule has 0 unspecified atom stereocenters. The first-order valence-corrected chi connectivity index (χ1v) is 13.3. The van der Waals surface area contributed by atoms with Crippen LogP contribution in [-0.4, -0.2) is 59.3 Å². The summed E-state index contributed by atoms with van der Waals surface area (Å²) in [5, 5.41) is 9.89. The number of benzene rings is 4. The predicted octanol–water partition coefficient (Wildman–Crippen LogP) is 3.80. The van der Waals surface area contributed by atoms with E-state index < -0.39 is 11.9 Å². The molecule has 0 fully saturated rings. The second-order valence-electron chi connectivity index (χ2n) is 8.89. The molecule has 234 valence electrons. The number of carbonyl (C=O) groups excluding carboxylic acids is 1. The van der Waals surface area contributed by atoms with E-state index >= 15 is 0 Å². The number of carbonyl (C=O) groups is 2. The zero-order chi connectivity index (χ0) is 30.7. The quantitative estimate of drug-likeness (QED) is 0.201. The number of methoxy groups -OCH3 is 3.